The quantitative estimate of drug-likeness (QED) is 0.670. The number of hydrogen-bond acceptors (Lipinski definition) is 3. The Morgan fingerprint density at radius 1 is 1.75 bits per heavy atom. The van der Waals surface area contributed by atoms with E-state index in [0.717, 1.165) is 6.33 Å². The van der Waals surface area contributed by atoms with E-state index in [4.69, 9.17) is 16.7 Å². The smallest absolute Gasteiger partial charge is 0.261 e. The summed E-state index contributed by atoms with van der Waals surface area (Å²) in [7, 11) is 0. The lowest BCUT2D eigenvalue weighted by Gasteiger charge is -1.93. The summed E-state index contributed by atoms with van der Waals surface area (Å²) in [5, 5.41) is 9.09. The van der Waals surface area contributed by atoms with Crippen molar-refractivity contribution in [3.05, 3.63) is 28.3 Å². The molecule has 0 radical (unpaired) electrons. The van der Waals surface area contributed by atoms with Gasteiger partial charge < -0.3 is 10.1 Å². The average molecular weight is 187 g/mol. The Hall–Kier alpha value is -1.29. The number of allylic oxidation sites excluding steroid dienone is 1. The van der Waals surface area contributed by atoms with Crippen LogP contribution in [0.25, 0.3) is 6.08 Å². The van der Waals surface area contributed by atoms with E-state index in [1.54, 1.807) is 6.08 Å². The molecule has 0 atom stereocenters. The Morgan fingerprint density at radius 2 is 2.50 bits per heavy atom. The van der Waals surface area contributed by atoms with Gasteiger partial charge in [0.15, 0.2) is 0 Å². The van der Waals surface area contributed by atoms with Gasteiger partial charge in [-0.2, -0.15) is 0 Å². The molecule has 0 fully saturated rings. The lowest BCUT2D eigenvalue weighted by molar-refractivity contribution is 0.449. The Bertz CT molecular complexity index is 346. The third kappa shape index (κ3) is 1.85. The number of rotatable bonds is 2. The molecule has 1 heterocycles. The summed E-state index contributed by atoms with van der Waals surface area (Å²) >= 11 is 5.36. The molecular weight excluding hydrogens is 180 g/mol. The van der Waals surface area contributed by atoms with Crippen molar-refractivity contribution in [3.8, 4) is 5.88 Å². The number of aromatic amines is 1. The van der Waals surface area contributed by atoms with Crippen LogP contribution in [0.1, 0.15) is 5.56 Å². The number of halogens is 1. The number of aromatic hydroxyl groups is 1. The molecule has 0 amide bonds. The summed E-state index contributed by atoms with van der Waals surface area (Å²) in [4.78, 5) is 16.8. The largest absolute Gasteiger partial charge is 0.493 e. The van der Waals surface area contributed by atoms with Gasteiger partial charge in [0.2, 0.25) is 5.88 Å². The minimum absolute atomic E-state index is 0.123. The molecule has 1 rings (SSSR count). The van der Waals surface area contributed by atoms with Crippen molar-refractivity contribution in [1.82, 2.24) is 9.97 Å². The van der Waals surface area contributed by atoms with E-state index in [0.29, 0.717) is 0 Å². The van der Waals surface area contributed by atoms with Crippen molar-refractivity contribution in [2.24, 2.45) is 0 Å². The van der Waals surface area contributed by atoms with Crippen LogP contribution in [0, 0.1) is 0 Å². The zero-order chi connectivity index (χ0) is 8.97. The van der Waals surface area contributed by atoms with Crippen molar-refractivity contribution in [3.63, 3.8) is 0 Å². The fourth-order valence-corrected chi connectivity index (χ4v) is 0.803. The van der Waals surface area contributed by atoms with Gasteiger partial charge in [0.05, 0.1) is 6.33 Å². The van der Waals surface area contributed by atoms with Gasteiger partial charge >= 0.3 is 0 Å². The van der Waals surface area contributed by atoms with Crippen LogP contribution in [0.15, 0.2) is 17.2 Å². The molecule has 0 saturated carbocycles. The average Bonchev–Trinajstić information content (AvgIpc) is 2.04. The van der Waals surface area contributed by atoms with E-state index in [2.05, 4.69) is 9.97 Å². The minimum atomic E-state index is -0.385. The molecule has 64 valence electrons. The maximum atomic E-state index is 11.0. The van der Waals surface area contributed by atoms with E-state index >= 15 is 0 Å². The van der Waals surface area contributed by atoms with E-state index in [-0.39, 0.29) is 22.9 Å². The maximum Gasteiger partial charge on any atom is 0.261 e. The summed E-state index contributed by atoms with van der Waals surface area (Å²) < 4.78 is 0. The molecule has 12 heavy (non-hydrogen) atoms. The van der Waals surface area contributed by atoms with Crippen LogP contribution in [-0.2, 0) is 0 Å². The van der Waals surface area contributed by atoms with Crippen molar-refractivity contribution in [1.29, 1.82) is 0 Å². The van der Waals surface area contributed by atoms with Crippen LogP contribution in [0.2, 0.25) is 0 Å². The topological polar surface area (TPSA) is 66.0 Å². The van der Waals surface area contributed by atoms with E-state index < -0.39 is 0 Å². The molecule has 2 N–H and O–H groups in total. The van der Waals surface area contributed by atoms with Crippen molar-refractivity contribution in [2.45, 2.75) is 0 Å². The van der Waals surface area contributed by atoms with E-state index in [1.165, 1.54) is 6.08 Å². The normalized spacial score (nSPS) is 10.8. The molecule has 1 aromatic heterocycles. The monoisotopic (exact) mass is 186 g/mol. The highest BCUT2D eigenvalue weighted by atomic mass is 35.5. The van der Waals surface area contributed by atoms with Crippen LogP contribution in [-0.4, -0.2) is 21.0 Å². The minimum Gasteiger partial charge on any atom is -0.493 e. The van der Waals surface area contributed by atoms with E-state index in [9.17, 15) is 4.79 Å². The van der Waals surface area contributed by atoms with Gasteiger partial charge in [-0.3, -0.25) is 4.79 Å². The maximum absolute atomic E-state index is 11.0. The summed E-state index contributed by atoms with van der Waals surface area (Å²) in [6.45, 7) is 0. The van der Waals surface area contributed by atoms with Crippen LogP contribution in [0.5, 0.6) is 5.88 Å². The molecule has 0 bridgehead atoms. The van der Waals surface area contributed by atoms with Gasteiger partial charge in [0, 0.05) is 5.88 Å². The van der Waals surface area contributed by atoms with Gasteiger partial charge in [0.25, 0.3) is 5.56 Å². The molecule has 0 unspecified atom stereocenters. The fourth-order valence-electron chi connectivity index (χ4n) is 0.714. The van der Waals surface area contributed by atoms with Gasteiger partial charge in [0.1, 0.15) is 5.56 Å². The molecule has 0 aliphatic heterocycles. The molecule has 5 heteroatoms. The second-order valence-electron chi connectivity index (χ2n) is 2.03. The second-order valence-corrected chi connectivity index (χ2v) is 2.33. The van der Waals surface area contributed by atoms with Crippen LogP contribution < -0.4 is 5.56 Å². The third-order valence-corrected chi connectivity index (χ3v) is 1.42. The van der Waals surface area contributed by atoms with E-state index in [1.807, 2.05) is 0 Å². The Balaban J connectivity index is 3.13. The fraction of sp³-hybridized carbons (Fsp3) is 0.143. The zero-order valence-corrected chi connectivity index (χ0v) is 6.88. The first kappa shape index (κ1) is 8.80. The number of H-pyrrole nitrogens is 1. The predicted molar refractivity (Wildman–Crippen MR) is 46.3 cm³/mol. The Labute approximate surface area is 73.5 Å². The summed E-state index contributed by atoms with van der Waals surface area (Å²) in [5.41, 5.74) is -0.262. The summed E-state index contributed by atoms with van der Waals surface area (Å²) in [6.07, 6.45) is 4.11. The molecular formula is C7H7ClN2O2. The van der Waals surface area contributed by atoms with Crippen molar-refractivity contribution in [2.75, 3.05) is 5.88 Å². The van der Waals surface area contributed by atoms with Crippen molar-refractivity contribution < 1.29 is 5.11 Å². The predicted octanol–water partition coefficient (Wildman–Crippen LogP) is 0.728. The first-order valence-electron chi connectivity index (χ1n) is 3.25. The molecule has 0 aromatic carbocycles. The number of hydrogen-bond donors (Lipinski definition) is 2. The molecule has 0 aliphatic rings. The molecule has 0 spiro atoms. The first-order valence-corrected chi connectivity index (χ1v) is 3.78. The molecule has 1 aromatic rings. The SMILES string of the molecule is O=c1[nH]cnc(O)c1C=CCCl. The van der Waals surface area contributed by atoms with Gasteiger partial charge in [-0.15, -0.1) is 11.6 Å². The third-order valence-electron chi connectivity index (χ3n) is 1.24. The lowest BCUT2D eigenvalue weighted by atomic mass is 10.3. The molecule has 4 nitrogen and oxygen atoms in total. The number of nitrogens with one attached hydrogen (secondary N) is 1. The second kappa shape index (κ2) is 3.92. The molecule has 0 aliphatic carbocycles. The highest BCUT2D eigenvalue weighted by Crippen LogP contribution is 2.07. The van der Waals surface area contributed by atoms with Crippen LogP contribution >= 0.6 is 11.6 Å². The zero-order valence-electron chi connectivity index (χ0n) is 6.12. The Kier molecular flexibility index (Phi) is 2.88. The standard InChI is InChI=1S/C7H7ClN2O2/c8-3-1-2-5-6(11)9-4-10-7(5)12/h1-2,4H,3H2,(H2,9,10,11,12). The van der Waals surface area contributed by atoms with Gasteiger partial charge in [-0.1, -0.05) is 6.08 Å². The highest BCUT2D eigenvalue weighted by molar-refractivity contribution is 6.19. The summed E-state index contributed by atoms with van der Waals surface area (Å²) in [5.74, 6) is -0.00607. The molecule has 0 saturated heterocycles. The highest BCUT2D eigenvalue weighted by Gasteiger charge is 2.01. The Morgan fingerprint density at radius 3 is 3.08 bits per heavy atom. The lowest BCUT2D eigenvalue weighted by Crippen LogP contribution is -2.09. The number of aromatic nitrogens is 2. The van der Waals surface area contributed by atoms with Gasteiger partial charge in [-0.25, -0.2) is 4.98 Å². The number of nitrogens with zero attached hydrogens (tertiary/aromatic N) is 1. The van der Waals surface area contributed by atoms with Crippen LogP contribution in [0.3, 0.4) is 0 Å². The van der Waals surface area contributed by atoms with Crippen LogP contribution in [0.4, 0.5) is 0 Å². The van der Waals surface area contributed by atoms with Crippen molar-refractivity contribution >= 4 is 17.7 Å². The summed E-state index contributed by atoms with van der Waals surface area (Å²) in [6, 6.07) is 0. The number of alkyl halides is 1. The van der Waals surface area contributed by atoms with Gasteiger partial charge in [-0.05, 0) is 6.08 Å². The first-order chi connectivity index (χ1) is 5.75.